The number of aromatic nitrogens is 1. The van der Waals surface area contributed by atoms with Crippen LogP contribution >= 0.6 is 0 Å². The van der Waals surface area contributed by atoms with Crippen LogP contribution in [0, 0.1) is 13.8 Å². The summed E-state index contributed by atoms with van der Waals surface area (Å²) >= 11 is 0. The summed E-state index contributed by atoms with van der Waals surface area (Å²) in [6.45, 7) is 3.82. The van der Waals surface area contributed by atoms with Gasteiger partial charge in [0.15, 0.2) is 0 Å². The van der Waals surface area contributed by atoms with Crippen molar-refractivity contribution >= 4 is 5.91 Å². The smallest absolute Gasteiger partial charge is 0.264 e. The molecule has 1 N–H and O–H groups in total. The third kappa shape index (κ3) is 2.89. The minimum atomic E-state index is -0.182. The lowest BCUT2D eigenvalue weighted by molar-refractivity contribution is 0.0925. The van der Waals surface area contributed by atoms with Crippen molar-refractivity contribution in [1.29, 1.82) is 0 Å². The molecule has 2 aliphatic carbocycles. The van der Waals surface area contributed by atoms with E-state index >= 15 is 0 Å². The van der Waals surface area contributed by atoms with Crippen molar-refractivity contribution in [2.24, 2.45) is 0 Å². The molecule has 1 aromatic heterocycles. The number of hydrogen-bond donors (Lipinski definition) is 1. The monoisotopic (exact) mass is 288 g/mol. The van der Waals surface area contributed by atoms with E-state index in [0.717, 1.165) is 36.9 Å². The van der Waals surface area contributed by atoms with E-state index < -0.39 is 0 Å². The van der Waals surface area contributed by atoms with Crippen molar-refractivity contribution in [2.45, 2.75) is 70.9 Å². The van der Waals surface area contributed by atoms with Crippen molar-refractivity contribution in [3.05, 3.63) is 33.2 Å². The van der Waals surface area contributed by atoms with Crippen LogP contribution in [-0.4, -0.2) is 16.5 Å². The number of pyridine rings is 1. The summed E-state index contributed by atoms with van der Waals surface area (Å²) in [6, 6.07) is 2.51. The van der Waals surface area contributed by atoms with E-state index in [4.69, 9.17) is 0 Å². The molecule has 2 saturated carbocycles. The molecule has 21 heavy (non-hydrogen) atoms. The zero-order chi connectivity index (χ0) is 15.0. The van der Waals surface area contributed by atoms with E-state index in [9.17, 15) is 9.59 Å². The Balaban J connectivity index is 1.88. The van der Waals surface area contributed by atoms with Gasteiger partial charge in [0.2, 0.25) is 0 Å². The molecule has 4 nitrogen and oxygen atoms in total. The molecule has 0 bridgehead atoms. The summed E-state index contributed by atoms with van der Waals surface area (Å²) in [5.74, 6) is -0.182. The molecule has 0 spiro atoms. The van der Waals surface area contributed by atoms with Gasteiger partial charge in [-0.15, -0.1) is 0 Å². The van der Waals surface area contributed by atoms with Crippen LogP contribution in [0.3, 0.4) is 0 Å². The summed E-state index contributed by atoms with van der Waals surface area (Å²) in [5, 5.41) is 3.07. The van der Waals surface area contributed by atoms with E-state index in [1.165, 1.54) is 19.3 Å². The topological polar surface area (TPSA) is 51.1 Å². The third-order valence-electron chi connectivity index (χ3n) is 4.71. The van der Waals surface area contributed by atoms with Crippen LogP contribution in [0.5, 0.6) is 0 Å². The normalized spacial score (nSPS) is 19.5. The van der Waals surface area contributed by atoms with Crippen LogP contribution in [-0.2, 0) is 0 Å². The average molecular weight is 288 g/mol. The second-order valence-electron chi connectivity index (χ2n) is 6.56. The highest BCUT2D eigenvalue weighted by Crippen LogP contribution is 2.34. The maximum absolute atomic E-state index is 12.7. The van der Waals surface area contributed by atoms with Gasteiger partial charge in [-0.3, -0.25) is 9.59 Å². The van der Waals surface area contributed by atoms with Gasteiger partial charge in [0.1, 0.15) is 5.56 Å². The van der Waals surface area contributed by atoms with Gasteiger partial charge in [-0.2, -0.15) is 0 Å². The van der Waals surface area contributed by atoms with Crippen molar-refractivity contribution in [3.63, 3.8) is 0 Å². The number of nitrogens with one attached hydrogen (secondary N) is 1. The Bertz CT molecular complexity index is 608. The first-order valence-electron chi connectivity index (χ1n) is 8.11. The zero-order valence-electron chi connectivity index (χ0n) is 12.9. The Labute approximate surface area is 125 Å². The molecule has 0 atom stereocenters. The van der Waals surface area contributed by atoms with Gasteiger partial charge in [0, 0.05) is 17.8 Å². The van der Waals surface area contributed by atoms with E-state index in [-0.39, 0.29) is 17.5 Å². The number of nitrogens with zero attached hydrogens (tertiary/aromatic N) is 1. The Morgan fingerprint density at radius 1 is 1.14 bits per heavy atom. The highest BCUT2D eigenvalue weighted by atomic mass is 16.2. The van der Waals surface area contributed by atoms with E-state index in [0.29, 0.717) is 11.6 Å². The number of amides is 1. The van der Waals surface area contributed by atoms with Crippen molar-refractivity contribution in [3.8, 4) is 0 Å². The molecule has 0 unspecified atom stereocenters. The fraction of sp³-hybridized carbons (Fsp3) is 0.647. The number of rotatable bonds is 3. The largest absolute Gasteiger partial charge is 0.349 e. The molecule has 1 amide bonds. The van der Waals surface area contributed by atoms with Gasteiger partial charge < -0.3 is 9.88 Å². The zero-order valence-corrected chi connectivity index (χ0v) is 12.9. The first-order chi connectivity index (χ1) is 10.1. The summed E-state index contributed by atoms with van der Waals surface area (Å²) in [5.41, 5.74) is 2.00. The van der Waals surface area contributed by atoms with E-state index in [2.05, 4.69) is 5.32 Å². The van der Waals surface area contributed by atoms with Gasteiger partial charge in [-0.1, -0.05) is 19.3 Å². The van der Waals surface area contributed by atoms with Crippen LogP contribution in [0.4, 0.5) is 0 Å². The predicted octanol–water partition coefficient (Wildman–Crippen LogP) is 2.86. The predicted molar refractivity (Wildman–Crippen MR) is 82.8 cm³/mol. The number of carbonyl (C=O) groups excluding carboxylic acids is 1. The highest BCUT2D eigenvalue weighted by molar-refractivity contribution is 5.95. The minimum Gasteiger partial charge on any atom is -0.349 e. The molecule has 2 aliphatic rings. The Morgan fingerprint density at radius 3 is 2.43 bits per heavy atom. The van der Waals surface area contributed by atoms with Crippen LogP contribution < -0.4 is 10.9 Å². The standard InChI is InChI=1S/C17H24N2O2/c1-11-10-12(2)19(14-8-9-14)17(21)15(11)16(20)18-13-6-4-3-5-7-13/h10,13-14H,3-9H2,1-2H3,(H,18,20). The molecule has 1 aromatic rings. The van der Waals surface area contributed by atoms with Crippen molar-refractivity contribution < 1.29 is 4.79 Å². The first kappa shape index (κ1) is 14.4. The van der Waals surface area contributed by atoms with Crippen LogP contribution in [0.15, 0.2) is 10.9 Å². The lowest BCUT2D eigenvalue weighted by Crippen LogP contribution is -2.40. The maximum atomic E-state index is 12.7. The highest BCUT2D eigenvalue weighted by Gasteiger charge is 2.29. The van der Waals surface area contributed by atoms with Gasteiger partial charge in [-0.25, -0.2) is 0 Å². The van der Waals surface area contributed by atoms with Crippen molar-refractivity contribution in [2.75, 3.05) is 0 Å². The fourth-order valence-electron chi connectivity index (χ4n) is 3.47. The van der Waals surface area contributed by atoms with E-state index in [1.54, 1.807) is 0 Å². The number of hydrogen-bond acceptors (Lipinski definition) is 2. The summed E-state index contributed by atoms with van der Waals surface area (Å²) in [7, 11) is 0. The fourth-order valence-corrected chi connectivity index (χ4v) is 3.47. The molecule has 0 saturated heterocycles. The van der Waals surface area contributed by atoms with Crippen LogP contribution in [0.2, 0.25) is 0 Å². The molecular weight excluding hydrogens is 264 g/mol. The molecule has 114 valence electrons. The molecule has 4 heteroatoms. The lowest BCUT2D eigenvalue weighted by atomic mass is 9.95. The molecule has 0 aliphatic heterocycles. The number of aryl methyl sites for hydroxylation is 2. The Kier molecular flexibility index (Phi) is 3.87. The Hall–Kier alpha value is -1.58. The quantitative estimate of drug-likeness (QED) is 0.929. The molecular formula is C17H24N2O2. The minimum absolute atomic E-state index is 0.108. The van der Waals surface area contributed by atoms with Crippen LogP contribution in [0.1, 0.15) is 72.6 Å². The second kappa shape index (κ2) is 5.66. The SMILES string of the molecule is Cc1cc(C)n(C2CC2)c(=O)c1C(=O)NC1CCCCC1. The van der Waals surface area contributed by atoms with Gasteiger partial charge in [-0.05, 0) is 51.2 Å². The third-order valence-corrected chi connectivity index (χ3v) is 4.71. The molecule has 3 rings (SSSR count). The first-order valence-corrected chi connectivity index (χ1v) is 8.11. The summed E-state index contributed by atoms with van der Waals surface area (Å²) in [4.78, 5) is 25.2. The summed E-state index contributed by atoms with van der Waals surface area (Å²) in [6.07, 6.45) is 7.76. The van der Waals surface area contributed by atoms with Gasteiger partial charge >= 0.3 is 0 Å². The lowest BCUT2D eigenvalue weighted by Gasteiger charge is -2.23. The van der Waals surface area contributed by atoms with Gasteiger partial charge in [0.05, 0.1) is 0 Å². The Morgan fingerprint density at radius 2 is 1.81 bits per heavy atom. The molecule has 1 heterocycles. The second-order valence-corrected chi connectivity index (χ2v) is 6.56. The van der Waals surface area contributed by atoms with Crippen molar-refractivity contribution in [1.82, 2.24) is 9.88 Å². The molecule has 0 radical (unpaired) electrons. The van der Waals surface area contributed by atoms with Gasteiger partial charge in [0.25, 0.3) is 11.5 Å². The van der Waals surface area contributed by atoms with E-state index in [1.807, 2.05) is 24.5 Å². The average Bonchev–Trinajstić information content (AvgIpc) is 3.23. The number of carbonyl (C=O) groups is 1. The maximum Gasteiger partial charge on any atom is 0.264 e. The summed E-state index contributed by atoms with van der Waals surface area (Å²) < 4.78 is 1.81. The molecule has 2 fully saturated rings. The van der Waals surface area contributed by atoms with Crippen LogP contribution in [0.25, 0.3) is 0 Å². The molecule has 0 aromatic carbocycles.